The van der Waals surface area contributed by atoms with Crippen LogP contribution in [0.15, 0.2) is 54.6 Å². The van der Waals surface area contributed by atoms with E-state index in [0.717, 1.165) is 17.9 Å². The lowest BCUT2D eigenvalue weighted by molar-refractivity contribution is 0.417. The number of hydrogen-bond acceptors (Lipinski definition) is 5. The number of benzene rings is 2. The van der Waals surface area contributed by atoms with E-state index in [1.54, 1.807) is 13.2 Å². The Morgan fingerprint density at radius 2 is 1.85 bits per heavy atom. The topological polar surface area (TPSA) is 50.3 Å². The molecule has 0 radical (unpaired) electrons. The van der Waals surface area contributed by atoms with E-state index in [-0.39, 0.29) is 0 Å². The molecule has 3 rings (SSSR count). The summed E-state index contributed by atoms with van der Waals surface area (Å²) in [4.78, 5) is 11.2. The number of halogens is 1. The van der Waals surface area contributed by atoms with E-state index in [1.165, 1.54) is 5.56 Å². The molecule has 26 heavy (non-hydrogen) atoms. The number of rotatable bonds is 6. The van der Waals surface area contributed by atoms with E-state index in [9.17, 15) is 0 Å². The SMILES string of the molecule is COc1ccc(Cl)cc1Nc1cc(C)nc(N(C)Cc2ccccc2)n1. The number of nitrogens with zero attached hydrogens (tertiary/aromatic N) is 3. The van der Waals surface area contributed by atoms with Crippen LogP contribution < -0.4 is 15.0 Å². The van der Waals surface area contributed by atoms with Crippen molar-refractivity contribution in [2.45, 2.75) is 13.5 Å². The molecule has 0 fully saturated rings. The first-order valence-electron chi connectivity index (χ1n) is 8.26. The van der Waals surface area contributed by atoms with Crippen molar-refractivity contribution in [3.63, 3.8) is 0 Å². The first-order chi connectivity index (χ1) is 12.5. The molecule has 6 heteroatoms. The van der Waals surface area contributed by atoms with Crippen LogP contribution >= 0.6 is 11.6 Å². The van der Waals surface area contributed by atoms with Gasteiger partial charge in [-0.05, 0) is 30.7 Å². The highest BCUT2D eigenvalue weighted by atomic mass is 35.5. The van der Waals surface area contributed by atoms with Crippen LogP contribution in [0.4, 0.5) is 17.5 Å². The summed E-state index contributed by atoms with van der Waals surface area (Å²) in [5.41, 5.74) is 2.83. The molecule has 0 unspecified atom stereocenters. The second-order valence-electron chi connectivity index (χ2n) is 6.01. The molecule has 0 spiro atoms. The van der Waals surface area contributed by atoms with Crippen molar-refractivity contribution in [3.8, 4) is 5.75 Å². The van der Waals surface area contributed by atoms with E-state index < -0.39 is 0 Å². The molecule has 0 bridgehead atoms. The monoisotopic (exact) mass is 368 g/mol. The van der Waals surface area contributed by atoms with Gasteiger partial charge in [-0.15, -0.1) is 0 Å². The normalized spacial score (nSPS) is 10.5. The van der Waals surface area contributed by atoms with Gasteiger partial charge >= 0.3 is 0 Å². The van der Waals surface area contributed by atoms with Gasteiger partial charge in [0.05, 0.1) is 12.8 Å². The van der Waals surface area contributed by atoms with Crippen LogP contribution in [0.3, 0.4) is 0 Å². The zero-order chi connectivity index (χ0) is 18.5. The summed E-state index contributed by atoms with van der Waals surface area (Å²) < 4.78 is 5.38. The largest absolute Gasteiger partial charge is 0.495 e. The Bertz CT molecular complexity index is 886. The number of hydrogen-bond donors (Lipinski definition) is 1. The number of anilines is 3. The third-order valence-corrected chi connectivity index (χ3v) is 4.11. The van der Waals surface area contributed by atoms with Gasteiger partial charge in [-0.1, -0.05) is 41.9 Å². The van der Waals surface area contributed by atoms with Crippen molar-refractivity contribution in [1.82, 2.24) is 9.97 Å². The summed E-state index contributed by atoms with van der Waals surface area (Å²) in [5, 5.41) is 3.90. The highest BCUT2D eigenvalue weighted by Gasteiger charge is 2.10. The quantitative estimate of drug-likeness (QED) is 0.675. The maximum atomic E-state index is 6.11. The van der Waals surface area contributed by atoms with Gasteiger partial charge in [0.2, 0.25) is 5.95 Å². The molecule has 2 aromatic carbocycles. The van der Waals surface area contributed by atoms with E-state index >= 15 is 0 Å². The highest BCUT2D eigenvalue weighted by Crippen LogP contribution is 2.30. The van der Waals surface area contributed by atoms with Crippen molar-refractivity contribution in [2.24, 2.45) is 0 Å². The fraction of sp³-hybridized carbons (Fsp3) is 0.200. The zero-order valence-corrected chi connectivity index (χ0v) is 15.8. The number of aryl methyl sites for hydroxylation is 1. The fourth-order valence-corrected chi connectivity index (χ4v) is 2.80. The fourth-order valence-electron chi connectivity index (χ4n) is 2.63. The molecule has 3 aromatic rings. The summed E-state index contributed by atoms with van der Waals surface area (Å²) in [6.07, 6.45) is 0. The molecule has 0 aliphatic rings. The maximum Gasteiger partial charge on any atom is 0.227 e. The van der Waals surface area contributed by atoms with E-state index in [1.807, 2.05) is 55.3 Å². The summed E-state index contributed by atoms with van der Waals surface area (Å²) in [6.45, 7) is 2.67. The second-order valence-corrected chi connectivity index (χ2v) is 6.44. The highest BCUT2D eigenvalue weighted by molar-refractivity contribution is 6.31. The summed E-state index contributed by atoms with van der Waals surface area (Å²) >= 11 is 6.11. The molecule has 134 valence electrons. The maximum absolute atomic E-state index is 6.11. The minimum Gasteiger partial charge on any atom is -0.495 e. The van der Waals surface area contributed by atoms with Crippen LogP contribution in [-0.4, -0.2) is 24.1 Å². The summed E-state index contributed by atoms with van der Waals surface area (Å²) in [6, 6.07) is 17.5. The molecule has 0 aliphatic heterocycles. The van der Waals surface area contributed by atoms with Crippen LogP contribution in [0.5, 0.6) is 5.75 Å². The van der Waals surface area contributed by atoms with Gasteiger partial charge in [-0.3, -0.25) is 0 Å². The standard InChI is InChI=1S/C20H21ClN4O/c1-14-11-19(23-17-12-16(21)9-10-18(17)26-3)24-20(22-14)25(2)13-15-7-5-4-6-8-15/h4-12H,13H2,1-3H3,(H,22,23,24). The van der Waals surface area contributed by atoms with Crippen LogP contribution in [-0.2, 0) is 6.54 Å². The Labute approximate surface area is 158 Å². The molecular formula is C20H21ClN4O. The molecule has 1 N–H and O–H groups in total. The minimum absolute atomic E-state index is 0.625. The average molecular weight is 369 g/mol. The van der Waals surface area contributed by atoms with Gasteiger partial charge in [0.15, 0.2) is 0 Å². The van der Waals surface area contributed by atoms with E-state index in [0.29, 0.717) is 22.5 Å². The molecular weight excluding hydrogens is 348 g/mol. The Morgan fingerprint density at radius 3 is 2.58 bits per heavy atom. The Balaban J connectivity index is 1.85. The van der Waals surface area contributed by atoms with Crippen molar-refractivity contribution >= 4 is 29.1 Å². The predicted octanol–water partition coefficient (Wildman–Crippen LogP) is 4.83. The Kier molecular flexibility index (Phi) is 5.58. The lowest BCUT2D eigenvalue weighted by atomic mass is 10.2. The molecule has 0 aliphatic carbocycles. The van der Waals surface area contributed by atoms with Gasteiger partial charge in [-0.25, -0.2) is 4.98 Å². The van der Waals surface area contributed by atoms with E-state index in [2.05, 4.69) is 27.4 Å². The van der Waals surface area contributed by atoms with Crippen molar-refractivity contribution in [2.75, 3.05) is 24.4 Å². The van der Waals surface area contributed by atoms with Crippen molar-refractivity contribution < 1.29 is 4.74 Å². The molecule has 5 nitrogen and oxygen atoms in total. The number of nitrogens with one attached hydrogen (secondary N) is 1. The van der Waals surface area contributed by atoms with Crippen molar-refractivity contribution in [3.05, 3.63) is 70.9 Å². The number of aromatic nitrogens is 2. The molecule has 1 heterocycles. The Morgan fingerprint density at radius 1 is 1.08 bits per heavy atom. The number of methoxy groups -OCH3 is 1. The average Bonchev–Trinajstić information content (AvgIpc) is 2.62. The molecule has 0 atom stereocenters. The van der Waals surface area contributed by atoms with Crippen LogP contribution in [0.1, 0.15) is 11.3 Å². The minimum atomic E-state index is 0.625. The van der Waals surface area contributed by atoms with Crippen LogP contribution in [0, 0.1) is 6.92 Å². The molecule has 0 saturated carbocycles. The Hall–Kier alpha value is -2.79. The molecule has 1 aromatic heterocycles. The zero-order valence-electron chi connectivity index (χ0n) is 15.0. The third-order valence-electron chi connectivity index (χ3n) is 3.87. The first kappa shape index (κ1) is 18.0. The van der Waals surface area contributed by atoms with Gasteiger partial charge in [-0.2, -0.15) is 4.98 Å². The predicted molar refractivity (Wildman–Crippen MR) is 107 cm³/mol. The summed E-state index contributed by atoms with van der Waals surface area (Å²) in [7, 11) is 3.60. The van der Waals surface area contributed by atoms with E-state index in [4.69, 9.17) is 16.3 Å². The lowest BCUT2D eigenvalue weighted by Crippen LogP contribution is -2.19. The molecule has 0 amide bonds. The van der Waals surface area contributed by atoms with Crippen LogP contribution in [0.2, 0.25) is 5.02 Å². The summed E-state index contributed by atoms with van der Waals surface area (Å²) in [5.74, 6) is 2.04. The van der Waals surface area contributed by atoms with Gasteiger partial charge < -0.3 is 15.0 Å². The van der Waals surface area contributed by atoms with Crippen LogP contribution in [0.25, 0.3) is 0 Å². The smallest absolute Gasteiger partial charge is 0.227 e. The van der Waals surface area contributed by atoms with Crippen molar-refractivity contribution in [1.29, 1.82) is 0 Å². The first-order valence-corrected chi connectivity index (χ1v) is 8.64. The van der Waals surface area contributed by atoms with Gasteiger partial charge in [0, 0.05) is 30.4 Å². The van der Waals surface area contributed by atoms with Gasteiger partial charge in [0.1, 0.15) is 11.6 Å². The second kappa shape index (κ2) is 8.06. The lowest BCUT2D eigenvalue weighted by Gasteiger charge is -2.19. The van der Waals surface area contributed by atoms with Gasteiger partial charge in [0.25, 0.3) is 0 Å². The third kappa shape index (κ3) is 4.43. The number of ether oxygens (including phenoxy) is 1. The molecule has 0 saturated heterocycles.